The lowest BCUT2D eigenvalue weighted by molar-refractivity contribution is 0.279. The molecule has 1 aliphatic heterocycles. The first-order chi connectivity index (χ1) is 11.8. The van der Waals surface area contributed by atoms with E-state index in [-0.39, 0.29) is 6.10 Å². The van der Waals surface area contributed by atoms with E-state index in [1.807, 2.05) is 32.0 Å². The summed E-state index contributed by atoms with van der Waals surface area (Å²) in [5.74, 6) is 0. The van der Waals surface area contributed by atoms with Crippen LogP contribution >= 0.6 is 11.6 Å². The third-order valence-electron chi connectivity index (χ3n) is 5.05. The van der Waals surface area contributed by atoms with E-state index < -0.39 is 11.1 Å². The molecule has 1 heterocycles. The van der Waals surface area contributed by atoms with Crippen LogP contribution < -0.4 is 0 Å². The second-order valence-electron chi connectivity index (χ2n) is 7.49. The lowest BCUT2D eigenvalue weighted by Gasteiger charge is -2.20. The molecule has 0 spiro atoms. The highest BCUT2D eigenvalue weighted by molar-refractivity contribution is 6.33. The number of halogens is 1. The number of ether oxygens (including phenoxy) is 1. The first-order valence-electron chi connectivity index (χ1n) is 8.71. The summed E-state index contributed by atoms with van der Waals surface area (Å²) < 4.78 is 6.17. The van der Waals surface area contributed by atoms with E-state index in [0.29, 0.717) is 6.42 Å². The lowest BCUT2D eigenvalue weighted by Crippen LogP contribution is -2.23. The van der Waals surface area contributed by atoms with Gasteiger partial charge in [0.2, 0.25) is 0 Å². The zero-order valence-corrected chi connectivity index (χ0v) is 15.9. The number of nitroso groups, excluding NO2 is 1. The molecule has 3 rings (SSSR count). The van der Waals surface area contributed by atoms with Gasteiger partial charge in [-0.05, 0) is 44.4 Å². The van der Waals surface area contributed by atoms with Crippen LogP contribution in [0.15, 0.2) is 47.6 Å². The molecular weight excluding hydrogens is 334 g/mol. The van der Waals surface area contributed by atoms with Crippen molar-refractivity contribution in [3.05, 3.63) is 63.5 Å². The second-order valence-corrected chi connectivity index (χ2v) is 7.90. The second kappa shape index (κ2) is 6.54. The summed E-state index contributed by atoms with van der Waals surface area (Å²) in [7, 11) is 0. The third kappa shape index (κ3) is 3.36. The molecule has 4 heteroatoms. The van der Waals surface area contributed by atoms with Gasteiger partial charge < -0.3 is 4.74 Å². The van der Waals surface area contributed by atoms with Crippen molar-refractivity contribution in [3.63, 3.8) is 0 Å². The molecule has 1 saturated heterocycles. The topological polar surface area (TPSA) is 42.0 Å². The largest absolute Gasteiger partial charge is 0.361 e. The fraction of sp³-hybridized carbons (Fsp3) is 0.429. The average molecular weight is 358 g/mol. The Balaban J connectivity index is 2.06. The van der Waals surface area contributed by atoms with Crippen molar-refractivity contribution in [3.8, 4) is 11.1 Å². The maximum Gasteiger partial charge on any atom is 0.120 e. The van der Waals surface area contributed by atoms with Crippen molar-refractivity contribution < 1.29 is 4.74 Å². The van der Waals surface area contributed by atoms with Gasteiger partial charge in [0.25, 0.3) is 0 Å². The fourth-order valence-corrected chi connectivity index (χ4v) is 3.91. The van der Waals surface area contributed by atoms with Crippen LogP contribution in [0.5, 0.6) is 0 Å². The quantitative estimate of drug-likeness (QED) is 0.452. The van der Waals surface area contributed by atoms with Crippen molar-refractivity contribution in [1.29, 1.82) is 0 Å². The monoisotopic (exact) mass is 357 g/mol. The summed E-state index contributed by atoms with van der Waals surface area (Å²) in [6.45, 7) is 7.88. The molecule has 2 aromatic rings. The Labute approximate surface area is 154 Å². The highest BCUT2D eigenvalue weighted by Gasteiger charge is 2.58. The molecule has 0 bridgehead atoms. The number of epoxide rings is 1. The first-order valence-corrected chi connectivity index (χ1v) is 9.09. The maximum absolute atomic E-state index is 11.1. The summed E-state index contributed by atoms with van der Waals surface area (Å²) >= 11 is 6.59. The first kappa shape index (κ1) is 18.1. The zero-order chi connectivity index (χ0) is 18.2. The fourth-order valence-electron chi connectivity index (χ4n) is 3.63. The molecular formula is C21H24ClNO2. The predicted octanol–water partition coefficient (Wildman–Crippen LogP) is 6.25. The minimum atomic E-state index is -0.635. The van der Waals surface area contributed by atoms with Crippen LogP contribution in [-0.4, -0.2) is 11.6 Å². The van der Waals surface area contributed by atoms with Crippen LogP contribution in [-0.2, 0) is 10.3 Å². The number of hydrogen-bond donors (Lipinski definition) is 0. The smallest absolute Gasteiger partial charge is 0.120 e. The number of aryl methyl sites for hydroxylation is 1. The Morgan fingerprint density at radius 2 is 1.96 bits per heavy atom. The molecule has 2 aromatic carbocycles. The summed E-state index contributed by atoms with van der Waals surface area (Å²) in [4.78, 5) is 11.1. The Kier molecular flexibility index (Phi) is 4.74. The molecule has 25 heavy (non-hydrogen) atoms. The molecule has 2 atom stereocenters. The van der Waals surface area contributed by atoms with E-state index in [1.54, 1.807) is 0 Å². The van der Waals surface area contributed by atoms with Crippen LogP contribution in [0.4, 0.5) is 0 Å². The number of nitrogens with zero attached hydrogens (tertiary/aromatic N) is 1. The summed E-state index contributed by atoms with van der Waals surface area (Å²) in [6, 6.07) is 14.3. The Morgan fingerprint density at radius 3 is 2.60 bits per heavy atom. The standard InChI is InChI=1S/C21H24ClNO2/c1-5-21(18(25-21)13-20(3,4)23-24)16-10-7-11-17(22)19(16)15-9-6-8-14(2)12-15/h6-12,18H,5,13H2,1-4H3. The number of rotatable bonds is 6. The molecule has 3 nitrogen and oxygen atoms in total. The lowest BCUT2D eigenvalue weighted by atomic mass is 9.83. The van der Waals surface area contributed by atoms with Gasteiger partial charge in [0.05, 0.1) is 11.6 Å². The molecule has 0 radical (unpaired) electrons. The molecule has 1 fully saturated rings. The molecule has 2 unspecified atom stereocenters. The molecule has 132 valence electrons. The maximum atomic E-state index is 11.1. The van der Waals surface area contributed by atoms with E-state index in [1.165, 1.54) is 5.56 Å². The average Bonchev–Trinajstić information content (AvgIpc) is 3.27. The van der Waals surface area contributed by atoms with Crippen molar-refractivity contribution in [1.82, 2.24) is 0 Å². The molecule has 0 aromatic heterocycles. The van der Waals surface area contributed by atoms with Gasteiger partial charge in [0.15, 0.2) is 0 Å². The Bertz CT molecular complexity index is 802. The van der Waals surface area contributed by atoms with Crippen molar-refractivity contribution in [2.24, 2.45) is 5.18 Å². The van der Waals surface area contributed by atoms with Crippen molar-refractivity contribution in [2.45, 2.75) is 57.8 Å². The summed E-state index contributed by atoms with van der Waals surface area (Å²) in [6.07, 6.45) is 1.41. The number of hydrogen-bond acceptors (Lipinski definition) is 3. The van der Waals surface area contributed by atoms with Crippen molar-refractivity contribution >= 4 is 11.6 Å². The van der Waals surface area contributed by atoms with E-state index in [2.05, 4.69) is 43.3 Å². The van der Waals surface area contributed by atoms with Crippen LogP contribution in [0, 0.1) is 11.8 Å². The Morgan fingerprint density at radius 1 is 1.24 bits per heavy atom. The van der Waals surface area contributed by atoms with Gasteiger partial charge >= 0.3 is 0 Å². The van der Waals surface area contributed by atoms with E-state index >= 15 is 0 Å². The minimum absolute atomic E-state index is 0.0211. The summed E-state index contributed by atoms with van der Waals surface area (Å²) in [5, 5.41) is 3.97. The van der Waals surface area contributed by atoms with Gasteiger partial charge in [-0.2, -0.15) is 4.91 Å². The van der Waals surface area contributed by atoms with Gasteiger partial charge in [-0.1, -0.05) is 65.7 Å². The van der Waals surface area contributed by atoms with Gasteiger partial charge in [0.1, 0.15) is 5.60 Å². The van der Waals surface area contributed by atoms with Gasteiger partial charge in [-0.25, -0.2) is 0 Å². The van der Waals surface area contributed by atoms with Crippen LogP contribution in [0.25, 0.3) is 11.1 Å². The van der Waals surface area contributed by atoms with E-state index in [9.17, 15) is 4.91 Å². The van der Waals surface area contributed by atoms with Gasteiger partial charge in [-0.15, -0.1) is 0 Å². The molecule has 0 N–H and O–H groups in total. The van der Waals surface area contributed by atoms with Crippen molar-refractivity contribution in [2.75, 3.05) is 0 Å². The van der Waals surface area contributed by atoms with Gasteiger partial charge in [0, 0.05) is 17.0 Å². The summed E-state index contributed by atoms with van der Waals surface area (Å²) in [5.41, 5.74) is 3.37. The molecule has 0 aliphatic carbocycles. The molecule has 0 amide bonds. The van der Waals surface area contributed by atoms with Crippen LogP contribution in [0.3, 0.4) is 0 Å². The minimum Gasteiger partial charge on any atom is -0.361 e. The highest BCUT2D eigenvalue weighted by Crippen LogP contribution is 2.55. The third-order valence-corrected chi connectivity index (χ3v) is 5.36. The molecule has 1 aliphatic rings. The van der Waals surface area contributed by atoms with Gasteiger partial charge in [-0.3, -0.25) is 0 Å². The normalized spacial score (nSPS) is 22.7. The van der Waals surface area contributed by atoms with Crippen LogP contribution in [0.1, 0.15) is 44.7 Å². The van der Waals surface area contributed by atoms with Crippen LogP contribution in [0.2, 0.25) is 5.02 Å². The van der Waals surface area contributed by atoms with E-state index in [0.717, 1.165) is 28.1 Å². The zero-order valence-electron chi connectivity index (χ0n) is 15.2. The highest BCUT2D eigenvalue weighted by atomic mass is 35.5. The molecule has 0 saturated carbocycles. The predicted molar refractivity (Wildman–Crippen MR) is 103 cm³/mol. The number of benzene rings is 2. The Hall–Kier alpha value is -1.71. The van der Waals surface area contributed by atoms with E-state index in [4.69, 9.17) is 16.3 Å². The SMILES string of the molecule is CCC1(c2cccc(Cl)c2-c2cccc(C)c2)OC1CC(C)(C)N=O.